The van der Waals surface area contributed by atoms with Crippen molar-refractivity contribution in [2.24, 2.45) is 5.41 Å². The lowest BCUT2D eigenvalue weighted by Gasteiger charge is -2.37. The summed E-state index contributed by atoms with van der Waals surface area (Å²) in [6, 6.07) is 0. The van der Waals surface area contributed by atoms with Crippen molar-refractivity contribution < 1.29 is 9.53 Å². The average Bonchev–Trinajstić information content (AvgIpc) is 2.64. The summed E-state index contributed by atoms with van der Waals surface area (Å²) < 4.78 is 4.71. The van der Waals surface area contributed by atoms with E-state index in [0.29, 0.717) is 19.5 Å². The van der Waals surface area contributed by atoms with E-state index >= 15 is 0 Å². The molecule has 1 saturated heterocycles. The number of amides is 1. The van der Waals surface area contributed by atoms with Gasteiger partial charge in [-0.1, -0.05) is 0 Å². The topological polar surface area (TPSA) is 29.5 Å². The largest absolute Gasteiger partial charge is 0.372 e. The molecule has 0 unspecified atom stereocenters. The maximum absolute atomic E-state index is 12.3. The van der Waals surface area contributed by atoms with Gasteiger partial charge in [-0.25, -0.2) is 0 Å². The number of carbonyl (C=O) groups is 1. The Morgan fingerprint density at radius 3 is 2.12 bits per heavy atom. The Hall–Kier alpha value is 0.01000. The number of alkyl halides is 2. The molecule has 1 saturated carbocycles. The van der Waals surface area contributed by atoms with Gasteiger partial charge in [-0.3, -0.25) is 4.79 Å². The van der Waals surface area contributed by atoms with E-state index in [4.69, 9.17) is 27.9 Å². The molecule has 1 aliphatic carbocycles. The third-order valence-electron chi connectivity index (χ3n) is 3.44. The van der Waals surface area contributed by atoms with Crippen molar-refractivity contribution in [2.75, 3.05) is 13.1 Å². The fourth-order valence-electron chi connectivity index (χ4n) is 2.32. The summed E-state index contributed by atoms with van der Waals surface area (Å²) in [5.74, 6) is 0.0551. The first-order valence-corrected chi connectivity index (χ1v) is 6.34. The molecule has 0 N–H and O–H groups in total. The molecule has 0 radical (unpaired) electrons. The van der Waals surface area contributed by atoms with Gasteiger partial charge in [0.2, 0.25) is 5.91 Å². The number of morpholine rings is 1. The second kappa shape index (κ2) is 3.76. The Morgan fingerprint density at radius 1 is 1.31 bits per heavy atom. The highest BCUT2D eigenvalue weighted by molar-refractivity contribution is 6.53. The lowest BCUT2D eigenvalue weighted by molar-refractivity contribution is -0.148. The zero-order chi connectivity index (χ0) is 12.1. The van der Waals surface area contributed by atoms with Crippen LogP contribution in [0.25, 0.3) is 0 Å². The van der Waals surface area contributed by atoms with Gasteiger partial charge in [0.05, 0.1) is 17.6 Å². The summed E-state index contributed by atoms with van der Waals surface area (Å²) in [6.45, 7) is 7.03. The van der Waals surface area contributed by atoms with E-state index in [9.17, 15) is 4.79 Å². The molecule has 0 bridgehead atoms. The molecular formula is C11H17Cl2NO2. The lowest BCUT2D eigenvalue weighted by atomic mass is 10.1. The van der Waals surface area contributed by atoms with Crippen molar-refractivity contribution in [3.8, 4) is 0 Å². The van der Waals surface area contributed by atoms with Gasteiger partial charge in [0.15, 0.2) is 0 Å². The van der Waals surface area contributed by atoms with E-state index in [0.717, 1.165) is 0 Å². The second-order valence-corrected chi connectivity index (χ2v) is 6.66. The van der Waals surface area contributed by atoms with E-state index in [2.05, 4.69) is 0 Å². The lowest BCUT2D eigenvalue weighted by Crippen LogP contribution is -2.50. The maximum Gasteiger partial charge on any atom is 0.231 e. The Morgan fingerprint density at radius 2 is 1.75 bits per heavy atom. The van der Waals surface area contributed by atoms with Crippen molar-refractivity contribution in [3.05, 3.63) is 0 Å². The summed E-state index contributed by atoms with van der Waals surface area (Å²) in [5.41, 5.74) is -0.604. The van der Waals surface area contributed by atoms with Crippen LogP contribution in [0.1, 0.15) is 27.2 Å². The quantitative estimate of drug-likeness (QED) is 0.681. The summed E-state index contributed by atoms with van der Waals surface area (Å²) in [7, 11) is 0. The van der Waals surface area contributed by atoms with Crippen LogP contribution in [0.5, 0.6) is 0 Å². The van der Waals surface area contributed by atoms with Crippen molar-refractivity contribution in [1.82, 2.24) is 4.90 Å². The van der Waals surface area contributed by atoms with E-state index in [-0.39, 0.29) is 18.1 Å². The summed E-state index contributed by atoms with van der Waals surface area (Å²) in [5, 5.41) is 0. The molecule has 1 heterocycles. The van der Waals surface area contributed by atoms with Crippen LogP contribution in [0.3, 0.4) is 0 Å². The molecule has 1 amide bonds. The maximum atomic E-state index is 12.3. The molecule has 3 atom stereocenters. The SMILES string of the molecule is C[C@@H]1CN(C(=O)[C@]2(C)CC2(Cl)Cl)C[C@@H](C)O1. The highest BCUT2D eigenvalue weighted by atomic mass is 35.5. The number of hydrogen-bond acceptors (Lipinski definition) is 2. The van der Waals surface area contributed by atoms with Crippen LogP contribution in [0.4, 0.5) is 0 Å². The van der Waals surface area contributed by atoms with Crippen LogP contribution >= 0.6 is 23.2 Å². The van der Waals surface area contributed by atoms with Gasteiger partial charge >= 0.3 is 0 Å². The van der Waals surface area contributed by atoms with Crippen LogP contribution in [0.15, 0.2) is 0 Å². The molecular weight excluding hydrogens is 249 g/mol. The number of hydrogen-bond donors (Lipinski definition) is 0. The van der Waals surface area contributed by atoms with Gasteiger partial charge in [-0.05, 0) is 27.2 Å². The smallest absolute Gasteiger partial charge is 0.231 e. The first-order valence-electron chi connectivity index (χ1n) is 5.59. The molecule has 0 aromatic carbocycles. The van der Waals surface area contributed by atoms with Crippen LogP contribution < -0.4 is 0 Å². The molecule has 0 aromatic rings. The summed E-state index contributed by atoms with van der Waals surface area (Å²) >= 11 is 12.0. The van der Waals surface area contributed by atoms with Crippen molar-refractivity contribution >= 4 is 29.1 Å². The Kier molecular flexibility index (Phi) is 2.93. The molecule has 0 spiro atoms. The standard InChI is InChI=1S/C11H17Cl2NO2/c1-7-4-14(5-8(2)16-7)9(15)10(3)6-11(10,12)13/h7-8H,4-6H2,1-3H3/t7-,8-,10+/m1/s1. The van der Waals surface area contributed by atoms with Crippen molar-refractivity contribution in [1.29, 1.82) is 0 Å². The van der Waals surface area contributed by atoms with Gasteiger partial charge in [0.1, 0.15) is 4.33 Å². The first-order chi connectivity index (χ1) is 7.26. The number of rotatable bonds is 1. The molecule has 2 fully saturated rings. The molecule has 5 heteroatoms. The molecule has 92 valence electrons. The predicted molar refractivity (Wildman–Crippen MR) is 63.8 cm³/mol. The van der Waals surface area contributed by atoms with Gasteiger partial charge in [0, 0.05) is 13.1 Å². The highest BCUT2D eigenvalue weighted by Crippen LogP contribution is 2.64. The third-order valence-corrected chi connectivity index (χ3v) is 4.54. The fraction of sp³-hybridized carbons (Fsp3) is 0.909. The molecule has 16 heavy (non-hydrogen) atoms. The highest BCUT2D eigenvalue weighted by Gasteiger charge is 2.68. The minimum Gasteiger partial charge on any atom is -0.372 e. The van der Waals surface area contributed by atoms with Gasteiger partial charge in [0.25, 0.3) is 0 Å². The minimum absolute atomic E-state index is 0.0551. The predicted octanol–water partition coefficient (Wildman–Crippen LogP) is 2.21. The minimum atomic E-state index is -0.880. The molecule has 1 aliphatic heterocycles. The summed E-state index contributed by atoms with van der Waals surface area (Å²) in [4.78, 5) is 14.1. The van der Waals surface area contributed by atoms with Crippen LogP contribution in [0, 0.1) is 5.41 Å². The molecule has 3 nitrogen and oxygen atoms in total. The molecule has 0 aromatic heterocycles. The Labute approximate surface area is 106 Å². The molecule has 2 aliphatic rings. The first kappa shape index (κ1) is 12.5. The molecule has 2 rings (SSSR count). The van der Waals surface area contributed by atoms with Gasteiger partial charge in [-0.2, -0.15) is 0 Å². The van der Waals surface area contributed by atoms with E-state index < -0.39 is 9.75 Å². The number of nitrogens with zero attached hydrogens (tertiary/aromatic N) is 1. The normalized spacial score (nSPS) is 41.9. The van der Waals surface area contributed by atoms with E-state index in [1.807, 2.05) is 25.7 Å². The van der Waals surface area contributed by atoms with E-state index in [1.165, 1.54) is 0 Å². The van der Waals surface area contributed by atoms with Crippen LogP contribution in [0.2, 0.25) is 0 Å². The Bertz CT molecular complexity index is 311. The number of carbonyl (C=O) groups excluding carboxylic acids is 1. The van der Waals surface area contributed by atoms with E-state index in [1.54, 1.807) is 0 Å². The monoisotopic (exact) mass is 265 g/mol. The van der Waals surface area contributed by atoms with Crippen LogP contribution in [-0.4, -0.2) is 40.4 Å². The number of ether oxygens (including phenoxy) is 1. The average molecular weight is 266 g/mol. The third kappa shape index (κ3) is 1.93. The number of halogens is 2. The zero-order valence-electron chi connectivity index (χ0n) is 9.80. The van der Waals surface area contributed by atoms with Gasteiger partial charge < -0.3 is 9.64 Å². The van der Waals surface area contributed by atoms with Crippen molar-refractivity contribution in [3.63, 3.8) is 0 Å². The Balaban J connectivity index is 2.06. The fourth-order valence-corrected chi connectivity index (χ4v) is 3.02. The summed E-state index contributed by atoms with van der Waals surface area (Å²) in [6.07, 6.45) is 0.701. The second-order valence-electron chi connectivity index (χ2n) is 5.18. The van der Waals surface area contributed by atoms with Crippen molar-refractivity contribution in [2.45, 2.75) is 43.7 Å². The van der Waals surface area contributed by atoms with Crippen LogP contribution in [-0.2, 0) is 9.53 Å². The van der Waals surface area contributed by atoms with Gasteiger partial charge in [-0.15, -0.1) is 23.2 Å². The zero-order valence-corrected chi connectivity index (χ0v) is 11.3.